The van der Waals surface area contributed by atoms with E-state index in [9.17, 15) is 0 Å². The molecule has 0 aromatic heterocycles. The highest BCUT2D eigenvalue weighted by molar-refractivity contribution is 7.77. The van der Waals surface area contributed by atoms with Crippen LogP contribution < -0.4 is 0 Å². The standard InChI is InChI=1S/C21H21NS/c1-2-22(23)21(18-12-6-3-7-13-18,19-14-8-4-9-15-19)20-16-10-5-11-17-20/h3-17,23H,2H2,1H3. The molecule has 1 nitrogen and oxygen atoms in total. The molecule has 0 aliphatic rings. The Labute approximate surface area is 144 Å². The summed E-state index contributed by atoms with van der Waals surface area (Å²) in [5.74, 6) is 0. The van der Waals surface area contributed by atoms with E-state index in [0.29, 0.717) is 0 Å². The van der Waals surface area contributed by atoms with E-state index in [2.05, 4.69) is 102 Å². The number of hydrogen-bond acceptors (Lipinski definition) is 2. The summed E-state index contributed by atoms with van der Waals surface area (Å²) < 4.78 is 2.12. The van der Waals surface area contributed by atoms with Crippen molar-refractivity contribution in [2.24, 2.45) is 0 Å². The lowest BCUT2D eigenvalue weighted by Crippen LogP contribution is -2.42. The van der Waals surface area contributed by atoms with Crippen LogP contribution in [0.2, 0.25) is 0 Å². The molecule has 0 aliphatic carbocycles. The zero-order valence-corrected chi connectivity index (χ0v) is 14.2. The molecule has 0 radical (unpaired) electrons. The molecule has 0 saturated heterocycles. The highest BCUT2D eigenvalue weighted by atomic mass is 32.1. The predicted octanol–water partition coefficient (Wildman–Crippen LogP) is 5.15. The summed E-state index contributed by atoms with van der Waals surface area (Å²) in [6.45, 7) is 2.96. The number of benzene rings is 3. The van der Waals surface area contributed by atoms with Gasteiger partial charge in [-0.1, -0.05) is 111 Å². The predicted molar refractivity (Wildman–Crippen MR) is 101 cm³/mol. The summed E-state index contributed by atoms with van der Waals surface area (Å²) in [7, 11) is 0. The molecule has 0 amide bonds. The van der Waals surface area contributed by atoms with E-state index in [0.717, 1.165) is 6.54 Å². The third-order valence-electron chi connectivity index (χ3n) is 4.26. The van der Waals surface area contributed by atoms with Crippen LogP contribution in [0.5, 0.6) is 0 Å². The van der Waals surface area contributed by atoms with Gasteiger partial charge in [-0.2, -0.15) is 0 Å². The van der Waals surface area contributed by atoms with Gasteiger partial charge in [0.25, 0.3) is 0 Å². The smallest absolute Gasteiger partial charge is 0.106 e. The van der Waals surface area contributed by atoms with Crippen molar-refractivity contribution < 1.29 is 0 Å². The Hall–Kier alpha value is -2.03. The van der Waals surface area contributed by atoms with Gasteiger partial charge < -0.3 is 0 Å². The fraction of sp³-hybridized carbons (Fsp3) is 0.143. The third kappa shape index (κ3) is 2.80. The van der Waals surface area contributed by atoms with E-state index >= 15 is 0 Å². The van der Waals surface area contributed by atoms with Crippen LogP contribution in [0.1, 0.15) is 23.6 Å². The van der Waals surface area contributed by atoms with Crippen LogP contribution in [0.3, 0.4) is 0 Å². The van der Waals surface area contributed by atoms with E-state index in [-0.39, 0.29) is 0 Å². The highest BCUT2D eigenvalue weighted by Gasteiger charge is 2.40. The molecule has 3 aromatic carbocycles. The molecule has 0 atom stereocenters. The molecule has 0 heterocycles. The topological polar surface area (TPSA) is 3.24 Å². The maximum absolute atomic E-state index is 4.88. The minimum Gasteiger partial charge on any atom is -0.234 e. The first kappa shape index (κ1) is 15.9. The van der Waals surface area contributed by atoms with Crippen molar-refractivity contribution in [3.63, 3.8) is 0 Å². The molecule has 0 N–H and O–H groups in total. The fourth-order valence-electron chi connectivity index (χ4n) is 3.22. The Kier molecular flexibility index (Phi) is 4.85. The van der Waals surface area contributed by atoms with Crippen LogP contribution in [0.4, 0.5) is 0 Å². The van der Waals surface area contributed by atoms with Gasteiger partial charge in [-0.25, -0.2) is 4.31 Å². The maximum atomic E-state index is 4.88. The molecule has 0 bridgehead atoms. The van der Waals surface area contributed by atoms with Gasteiger partial charge >= 0.3 is 0 Å². The van der Waals surface area contributed by atoms with Crippen molar-refractivity contribution >= 4 is 12.8 Å². The number of hydrogen-bond donors (Lipinski definition) is 1. The SMILES string of the molecule is CCN(S)C(c1ccccc1)(c1ccccc1)c1ccccc1. The Bertz CT molecular complexity index is 629. The van der Waals surface area contributed by atoms with Gasteiger partial charge in [0, 0.05) is 6.54 Å². The molecule has 0 saturated carbocycles. The van der Waals surface area contributed by atoms with Crippen LogP contribution in [0.15, 0.2) is 91.0 Å². The van der Waals surface area contributed by atoms with Gasteiger partial charge in [-0.15, -0.1) is 0 Å². The molecule has 0 aliphatic heterocycles. The second-order valence-corrected chi connectivity index (χ2v) is 6.01. The number of thiol groups is 1. The zero-order valence-electron chi connectivity index (χ0n) is 13.3. The van der Waals surface area contributed by atoms with Crippen molar-refractivity contribution in [2.45, 2.75) is 12.5 Å². The average Bonchev–Trinajstić information content (AvgIpc) is 2.65. The van der Waals surface area contributed by atoms with Crippen molar-refractivity contribution in [1.82, 2.24) is 4.31 Å². The highest BCUT2D eigenvalue weighted by Crippen LogP contribution is 2.42. The summed E-state index contributed by atoms with van der Waals surface area (Å²) >= 11 is 4.88. The lowest BCUT2D eigenvalue weighted by atomic mass is 9.77. The molecule has 116 valence electrons. The number of rotatable bonds is 5. The minimum absolute atomic E-state index is 0.415. The molecule has 0 spiro atoms. The van der Waals surface area contributed by atoms with Crippen molar-refractivity contribution in [3.05, 3.63) is 108 Å². The lowest BCUT2D eigenvalue weighted by molar-refractivity contribution is 0.323. The van der Waals surface area contributed by atoms with Crippen LogP contribution >= 0.6 is 12.8 Å². The van der Waals surface area contributed by atoms with Gasteiger partial charge in [0.05, 0.1) is 0 Å². The van der Waals surface area contributed by atoms with Gasteiger partial charge in [0.1, 0.15) is 5.54 Å². The van der Waals surface area contributed by atoms with E-state index in [1.165, 1.54) is 16.7 Å². The van der Waals surface area contributed by atoms with E-state index in [1.54, 1.807) is 0 Å². The molecular formula is C21H21NS. The van der Waals surface area contributed by atoms with Crippen LogP contribution in [0.25, 0.3) is 0 Å². The second kappa shape index (κ2) is 7.03. The molecular weight excluding hydrogens is 298 g/mol. The zero-order chi connectivity index (χ0) is 16.1. The summed E-state index contributed by atoms with van der Waals surface area (Å²) in [5, 5.41) is 0. The normalized spacial score (nSPS) is 11.6. The van der Waals surface area contributed by atoms with Crippen LogP contribution in [-0.4, -0.2) is 10.8 Å². The number of nitrogens with zero attached hydrogens (tertiary/aromatic N) is 1. The van der Waals surface area contributed by atoms with Gasteiger partial charge in [-0.05, 0) is 16.7 Å². The Morgan fingerprint density at radius 2 is 0.957 bits per heavy atom. The van der Waals surface area contributed by atoms with Gasteiger partial charge in [0.2, 0.25) is 0 Å². The van der Waals surface area contributed by atoms with Gasteiger partial charge in [0.15, 0.2) is 0 Å². The van der Waals surface area contributed by atoms with E-state index in [4.69, 9.17) is 12.8 Å². The summed E-state index contributed by atoms with van der Waals surface area (Å²) in [6, 6.07) is 31.8. The Morgan fingerprint density at radius 1 is 0.652 bits per heavy atom. The molecule has 3 aromatic rings. The average molecular weight is 319 g/mol. The monoisotopic (exact) mass is 319 g/mol. The van der Waals surface area contributed by atoms with E-state index < -0.39 is 5.54 Å². The fourth-order valence-corrected chi connectivity index (χ4v) is 3.57. The van der Waals surface area contributed by atoms with Crippen LogP contribution in [0, 0.1) is 0 Å². The third-order valence-corrected chi connectivity index (χ3v) is 4.84. The Balaban J connectivity index is 2.35. The van der Waals surface area contributed by atoms with E-state index in [1.807, 2.05) is 0 Å². The lowest BCUT2D eigenvalue weighted by Gasteiger charge is -2.42. The first-order valence-corrected chi connectivity index (χ1v) is 8.33. The largest absolute Gasteiger partial charge is 0.234 e. The molecule has 0 unspecified atom stereocenters. The molecule has 23 heavy (non-hydrogen) atoms. The van der Waals surface area contributed by atoms with Crippen LogP contribution in [-0.2, 0) is 5.54 Å². The quantitative estimate of drug-likeness (QED) is 0.503. The summed E-state index contributed by atoms with van der Waals surface area (Å²) in [6.07, 6.45) is 0. The first-order chi connectivity index (χ1) is 11.3. The molecule has 2 heteroatoms. The summed E-state index contributed by atoms with van der Waals surface area (Å²) in [4.78, 5) is 0. The minimum atomic E-state index is -0.415. The maximum Gasteiger partial charge on any atom is 0.106 e. The van der Waals surface area contributed by atoms with Crippen molar-refractivity contribution in [3.8, 4) is 0 Å². The van der Waals surface area contributed by atoms with Crippen molar-refractivity contribution in [1.29, 1.82) is 0 Å². The Morgan fingerprint density at radius 3 is 1.22 bits per heavy atom. The molecule has 0 fully saturated rings. The van der Waals surface area contributed by atoms with Crippen molar-refractivity contribution in [2.75, 3.05) is 6.54 Å². The van der Waals surface area contributed by atoms with Gasteiger partial charge in [-0.3, -0.25) is 0 Å². The second-order valence-electron chi connectivity index (χ2n) is 5.52. The first-order valence-electron chi connectivity index (χ1n) is 7.93. The summed E-state index contributed by atoms with van der Waals surface area (Å²) in [5.41, 5.74) is 3.24. The molecule has 3 rings (SSSR count).